The lowest BCUT2D eigenvalue weighted by Crippen LogP contribution is -2.25. The second-order valence-corrected chi connectivity index (χ2v) is 3.48. The van der Waals surface area contributed by atoms with Crippen molar-refractivity contribution in [1.82, 2.24) is 5.06 Å². The molecule has 0 N–H and O–H groups in total. The average Bonchev–Trinajstić information content (AvgIpc) is 2.72. The standard InChI is InChI=1S/C8H8BrNO3/c9-7-3-2-6(13-7)8(11)10-4-1-5-12-10/h2-3H,1,4-5H2. The lowest BCUT2D eigenvalue weighted by Gasteiger charge is -2.10. The molecule has 0 bridgehead atoms. The minimum Gasteiger partial charge on any atom is -0.444 e. The van der Waals surface area contributed by atoms with Gasteiger partial charge >= 0.3 is 5.91 Å². The number of amides is 1. The Morgan fingerprint density at radius 1 is 1.54 bits per heavy atom. The van der Waals surface area contributed by atoms with Gasteiger partial charge in [0.2, 0.25) is 0 Å². The SMILES string of the molecule is O=C(c1ccc(Br)o1)N1CCCO1. The van der Waals surface area contributed by atoms with Gasteiger partial charge in [-0.05, 0) is 34.5 Å². The summed E-state index contributed by atoms with van der Waals surface area (Å²) in [6.07, 6.45) is 0.883. The number of carbonyl (C=O) groups is 1. The van der Waals surface area contributed by atoms with E-state index in [4.69, 9.17) is 9.25 Å². The molecule has 2 rings (SSSR count). The van der Waals surface area contributed by atoms with Gasteiger partial charge in [0.1, 0.15) is 0 Å². The van der Waals surface area contributed by atoms with Crippen molar-refractivity contribution in [2.75, 3.05) is 13.2 Å². The van der Waals surface area contributed by atoms with Crippen LogP contribution in [0.5, 0.6) is 0 Å². The molecule has 1 amide bonds. The van der Waals surface area contributed by atoms with Crippen molar-refractivity contribution < 1.29 is 14.0 Å². The van der Waals surface area contributed by atoms with Crippen LogP contribution in [-0.2, 0) is 4.84 Å². The maximum atomic E-state index is 11.5. The van der Waals surface area contributed by atoms with Gasteiger partial charge in [0.05, 0.1) is 13.2 Å². The van der Waals surface area contributed by atoms with Crippen LogP contribution in [0.25, 0.3) is 0 Å². The molecule has 0 saturated carbocycles. The van der Waals surface area contributed by atoms with Crippen LogP contribution < -0.4 is 0 Å². The molecular weight excluding hydrogens is 238 g/mol. The number of hydrogen-bond acceptors (Lipinski definition) is 3. The van der Waals surface area contributed by atoms with Crippen molar-refractivity contribution in [2.45, 2.75) is 6.42 Å². The molecule has 1 saturated heterocycles. The quantitative estimate of drug-likeness (QED) is 0.758. The predicted octanol–water partition coefficient (Wildman–Crippen LogP) is 1.82. The summed E-state index contributed by atoms with van der Waals surface area (Å²) in [5.41, 5.74) is 0. The van der Waals surface area contributed by atoms with Crippen molar-refractivity contribution in [2.24, 2.45) is 0 Å². The maximum absolute atomic E-state index is 11.5. The molecule has 5 heteroatoms. The molecular formula is C8H8BrNO3. The van der Waals surface area contributed by atoms with Crippen LogP contribution in [0.15, 0.2) is 21.2 Å². The Labute approximate surface area is 83.5 Å². The Bertz CT molecular complexity index is 317. The van der Waals surface area contributed by atoms with E-state index >= 15 is 0 Å². The van der Waals surface area contributed by atoms with Crippen molar-refractivity contribution >= 4 is 21.8 Å². The molecule has 0 unspecified atom stereocenters. The second-order valence-electron chi connectivity index (χ2n) is 2.70. The third-order valence-electron chi connectivity index (χ3n) is 1.76. The van der Waals surface area contributed by atoms with Gasteiger partial charge in [-0.15, -0.1) is 0 Å². The number of furan rings is 1. The molecule has 0 aliphatic carbocycles. The van der Waals surface area contributed by atoms with E-state index in [2.05, 4.69) is 15.9 Å². The van der Waals surface area contributed by atoms with Gasteiger partial charge in [0.15, 0.2) is 10.4 Å². The zero-order valence-electron chi connectivity index (χ0n) is 6.83. The van der Waals surface area contributed by atoms with Crippen LogP contribution in [0, 0.1) is 0 Å². The summed E-state index contributed by atoms with van der Waals surface area (Å²) in [6.45, 7) is 1.24. The normalized spacial score (nSPS) is 16.5. The van der Waals surface area contributed by atoms with Crippen molar-refractivity contribution in [1.29, 1.82) is 0 Å². The maximum Gasteiger partial charge on any atom is 0.313 e. The highest BCUT2D eigenvalue weighted by Gasteiger charge is 2.23. The fraction of sp³-hybridized carbons (Fsp3) is 0.375. The summed E-state index contributed by atoms with van der Waals surface area (Å²) < 4.78 is 5.65. The molecule has 1 fully saturated rings. The minimum absolute atomic E-state index is 0.219. The van der Waals surface area contributed by atoms with E-state index in [0.29, 0.717) is 23.6 Å². The van der Waals surface area contributed by atoms with Crippen LogP contribution in [0.3, 0.4) is 0 Å². The number of nitrogens with zero attached hydrogens (tertiary/aromatic N) is 1. The Morgan fingerprint density at radius 2 is 2.38 bits per heavy atom. The number of halogens is 1. The van der Waals surface area contributed by atoms with Gasteiger partial charge in [-0.1, -0.05) is 0 Å². The van der Waals surface area contributed by atoms with Crippen LogP contribution in [-0.4, -0.2) is 24.1 Å². The molecule has 2 heterocycles. The number of hydrogen-bond donors (Lipinski definition) is 0. The van der Waals surface area contributed by atoms with E-state index in [1.54, 1.807) is 12.1 Å². The zero-order chi connectivity index (χ0) is 9.26. The number of hydroxylamine groups is 2. The first kappa shape index (κ1) is 8.77. The predicted molar refractivity (Wildman–Crippen MR) is 48.0 cm³/mol. The summed E-state index contributed by atoms with van der Waals surface area (Å²) in [5, 5.41) is 1.32. The largest absolute Gasteiger partial charge is 0.444 e. The molecule has 1 aromatic heterocycles. The molecule has 0 aromatic carbocycles. The summed E-state index contributed by atoms with van der Waals surface area (Å²) in [5.74, 6) is 0.0805. The van der Waals surface area contributed by atoms with Gasteiger partial charge < -0.3 is 4.42 Å². The molecule has 0 radical (unpaired) electrons. The molecule has 1 aliphatic rings. The first-order chi connectivity index (χ1) is 6.27. The fourth-order valence-corrected chi connectivity index (χ4v) is 1.47. The summed E-state index contributed by atoms with van der Waals surface area (Å²) in [4.78, 5) is 16.6. The van der Waals surface area contributed by atoms with Gasteiger partial charge in [-0.2, -0.15) is 0 Å². The molecule has 13 heavy (non-hydrogen) atoms. The molecule has 0 spiro atoms. The van der Waals surface area contributed by atoms with E-state index in [1.165, 1.54) is 5.06 Å². The Balaban J connectivity index is 2.12. The minimum atomic E-state index is -0.219. The molecule has 1 aromatic rings. The van der Waals surface area contributed by atoms with Gasteiger partial charge in [-0.3, -0.25) is 9.63 Å². The third kappa shape index (κ3) is 1.76. The zero-order valence-corrected chi connectivity index (χ0v) is 8.41. The van der Waals surface area contributed by atoms with E-state index in [-0.39, 0.29) is 5.91 Å². The summed E-state index contributed by atoms with van der Waals surface area (Å²) >= 11 is 3.13. The number of carbonyl (C=O) groups excluding carboxylic acids is 1. The lowest BCUT2D eigenvalue weighted by atomic mass is 10.4. The molecule has 4 nitrogen and oxygen atoms in total. The highest BCUT2D eigenvalue weighted by atomic mass is 79.9. The van der Waals surface area contributed by atoms with E-state index in [9.17, 15) is 4.79 Å². The highest BCUT2D eigenvalue weighted by molar-refractivity contribution is 9.10. The van der Waals surface area contributed by atoms with Crippen molar-refractivity contribution in [3.63, 3.8) is 0 Å². The second kappa shape index (κ2) is 3.51. The molecule has 1 aliphatic heterocycles. The van der Waals surface area contributed by atoms with E-state index in [0.717, 1.165) is 6.42 Å². The van der Waals surface area contributed by atoms with Crippen LogP contribution in [0.2, 0.25) is 0 Å². The fourth-order valence-electron chi connectivity index (χ4n) is 1.16. The summed E-state index contributed by atoms with van der Waals surface area (Å²) in [6, 6.07) is 3.30. The first-order valence-corrected chi connectivity index (χ1v) is 4.77. The molecule has 70 valence electrons. The van der Waals surface area contributed by atoms with Gasteiger partial charge in [0.25, 0.3) is 0 Å². The van der Waals surface area contributed by atoms with Crippen LogP contribution in [0.4, 0.5) is 0 Å². The average molecular weight is 246 g/mol. The summed E-state index contributed by atoms with van der Waals surface area (Å²) in [7, 11) is 0. The Hall–Kier alpha value is -0.810. The van der Waals surface area contributed by atoms with E-state index < -0.39 is 0 Å². The topological polar surface area (TPSA) is 42.7 Å². The number of rotatable bonds is 1. The van der Waals surface area contributed by atoms with Crippen LogP contribution >= 0.6 is 15.9 Å². The highest BCUT2D eigenvalue weighted by Crippen LogP contribution is 2.17. The smallest absolute Gasteiger partial charge is 0.313 e. The molecule has 0 atom stereocenters. The first-order valence-electron chi connectivity index (χ1n) is 3.97. The Kier molecular flexibility index (Phi) is 2.37. The third-order valence-corrected chi connectivity index (χ3v) is 2.19. The monoisotopic (exact) mass is 245 g/mol. The Morgan fingerprint density at radius 3 is 2.92 bits per heavy atom. The van der Waals surface area contributed by atoms with Crippen LogP contribution in [0.1, 0.15) is 17.0 Å². The van der Waals surface area contributed by atoms with Gasteiger partial charge in [-0.25, -0.2) is 5.06 Å². The van der Waals surface area contributed by atoms with Gasteiger partial charge in [0, 0.05) is 0 Å². The van der Waals surface area contributed by atoms with Crippen molar-refractivity contribution in [3.05, 3.63) is 22.6 Å². The van der Waals surface area contributed by atoms with Crippen molar-refractivity contribution in [3.8, 4) is 0 Å². The van der Waals surface area contributed by atoms with E-state index in [1.807, 2.05) is 0 Å². The lowest BCUT2D eigenvalue weighted by molar-refractivity contribution is -0.0785.